The summed E-state index contributed by atoms with van der Waals surface area (Å²) in [5, 5.41) is 8.86. The minimum Gasteiger partial charge on any atom is -0.494 e. The van der Waals surface area contributed by atoms with Crippen LogP contribution >= 0.6 is 0 Å². The van der Waals surface area contributed by atoms with E-state index < -0.39 is 0 Å². The molecule has 0 spiro atoms. The fourth-order valence-corrected chi connectivity index (χ4v) is 3.63. The summed E-state index contributed by atoms with van der Waals surface area (Å²) in [7, 11) is 0. The molecule has 3 nitrogen and oxygen atoms in total. The van der Waals surface area contributed by atoms with Crippen LogP contribution in [0, 0.1) is 20.8 Å². The first-order chi connectivity index (χ1) is 14.6. The monoisotopic (exact) mass is 408 g/mol. The predicted molar refractivity (Wildman–Crippen MR) is 129 cm³/mol. The van der Waals surface area contributed by atoms with Crippen LogP contribution in [0.4, 0.5) is 11.4 Å². The number of rotatable bonds is 14. The summed E-state index contributed by atoms with van der Waals surface area (Å²) in [5.74, 6) is 0.925. The molecular formula is C27H40N2O. The lowest BCUT2D eigenvalue weighted by atomic mass is 10.1. The van der Waals surface area contributed by atoms with Gasteiger partial charge in [0.05, 0.1) is 18.0 Å². The Labute approximate surface area is 184 Å². The summed E-state index contributed by atoms with van der Waals surface area (Å²) < 4.78 is 5.94. The molecule has 0 N–H and O–H groups in total. The first kappa shape index (κ1) is 24.1. The fraction of sp³-hybridized carbons (Fsp3) is 0.556. The molecule has 30 heavy (non-hydrogen) atoms. The van der Waals surface area contributed by atoms with Gasteiger partial charge >= 0.3 is 0 Å². The molecule has 0 aliphatic carbocycles. The third-order valence-electron chi connectivity index (χ3n) is 5.55. The molecule has 0 radical (unpaired) electrons. The highest BCUT2D eigenvalue weighted by molar-refractivity contribution is 5.51. The van der Waals surface area contributed by atoms with Crippen molar-refractivity contribution in [1.29, 1.82) is 0 Å². The molecule has 0 bridgehead atoms. The zero-order valence-corrected chi connectivity index (χ0v) is 19.5. The van der Waals surface area contributed by atoms with Gasteiger partial charge in [-0.15, -0.1) is 0 Å². The summed E-state index contributed by atoms with van der Waals surface area (Å²) in [4.78, 5) is 0. The van der Waals surface area contributed by atoms with E-state index in [4.69, 9.17) is 4.74 Å². The normalized spacial score (nSPS) is 11.3. The maximum absolute atomic E-state index is 5.94. The third kappa shape index (κ3) is 9.11. The Morgan fingerprint density at radius 1 is 0.633 bits per heavy atom. The molecule has 0 saturated heterocycles. The minimum absolute atomic E-state index is 0.791. The van der Waals surface area contributed by atoms with Crippen molar-refractivity contribution >= 4 is 11.4 Å². The van der Waals surface area contributed by atoms with E-state index in [2.05, 4.69) is 56.1 Å². The molecular weight excluding hydrogens is 368 g/mol. The average molecular weight is 409 g/mol. The van der Waals surface area contributed by atoms with Gasteiger partial charge in [-0.25, -0.2) is 0 Å². The van der Waals surface area contributed by atoms with Crippen molar-refractivity contribution in [2.45, 2.75) is 91.9 Å². The van der Waals surface area contributed by atoms with Gasteiger partial charge in [0.25, 0.3) is 0 Å². The van der Waals surface area contributed by atoms with Gasteiger partial charge in [0.15, 0.2) is 0 Å². The molecule has 0 heterocycles. The molecule has 0 aromatic heterocycles. The van der Waals surface area contributed by atoms with Crippen molar-refractivity contribution in [1.82, 2.24) is 0 Å². The Balaban J connectivity index is 1.66. The Bertz CT molecular complexity index is 782. The van der Waals surface area contributed by atoms with Gasteiger partial charge in [-0.05, 0) is 62.6 Å². The van der Waals surface area contributed by atoms with Gasteiger partial charge < -0.3 is 4.74 Å². The van der Waals surface area contributed by atoms with E-state index in [9.17, 15) is 0 Å². The zero-order valence-electron chi connectivity index (χ0n) is 19.5. The number of benzene rings is 2. The predicted octanol–water partition coefficient (Wildman–Crippen LogP) is 9.33. The van der Waals surface area contributed by atoms with Crippen LogP contribution < -0.4 is 4.74 Å². The SMILES string of the molecule is CCCCCCCCCCCCOc1ccc(N=Nc2ccc(C)cc2C)c(C)c1. The van der Waals surface area contributed by atoms with E-state index >= 15 is 0 Å². The van der Waals surface area contributed by atoms with E-state index in [1.165, 1.54) is 63.4 Å². The number of ether oxygens (including phenoxy) is 1. The van der Waals surface area contributed by atoms with Crippen molar-refractivity contribution in [3.05, 3.63) is 53.1 Å². The third-order valence-corrected chi connectivity index (χ3v) is 5.55. The molecule has 0 amide bonds. The summed E-state index contributed by atoms with van der Waals surface area (Å²) in [6.07, 6.45) is 13.4. The highest BCUT2D eigenvalue weighted by Gasteiger charge is 2.02. The molecule has 3 heteroatoms. The maximum Gasteiger partial charge on any atom is 0.119 e. The number of unbranched alkanes of at least 4 members (excludes halogenated alkanes) is 9. The number of azo groups is 1. The highest BCUT2D eigenvalue weighted by atomic mass is 16.5. The van der Waals surface area contributed by atoms with Gasteiger partial charge in [0.1, 0.15) is 5.75 Å². The van der Waals surface area contributed by atoms with E-state index in [0.29, 0.717) is 0 Å². The van der Waals surface area contributed by atoms with Gasteiger partial charge in [0, 0.05) is 0 Å². The molecule has 0 aliphatic rings. The Hall–Kier alpha value is -2.16. The number of nitrogens with zero attached hydrogens (tertiary/aromatic N) is 2. The van der Waals surface area contributed by atoms with Crippen LogP contribution in [-0.2, 0) is 0 Å². The van der Waals surface area contributed by atoms with Gasteiger partial charge in [-0.2, -0.15) is 10.2 Å². The lowest BCUT2D eigenvalue weighted by Gasteiger charge is -2.08. The summed E-state index contributed by atoms with van der Waals surface area (Å²) in [5.41, 5.74) is 5.28. The lowest BCUT2D eigenvalue weighted by Crippen LogP contribution is -1.97. The van der Waals surface area contributed by atoms with E-state index in [1.54, 1.807) is 0 Å². The molecule has 2 rings (SSSR count). The van der Waals surface area contributed by atoms with Gasteiger partial charge in [0.2, 0.25) is 0 Å². The molecule has 2 aromatic carbocycles. The van der Waals surface area contributed by atoms with E-state index in [0.717, 1.165) is 41.3 Å². The second kappa shape index (κ2) is 14.0. The van der Waals surface area contributed by atoms with Gasteiger partial charge in [-0.1, -0.05) is 82.4 Å². The van der Waals surface area contributed by atoms with Crippen molar-refractivity contribution in [2.75, 3.05) is 6.61 Å². The molecule has 0 unspecified atom stereocenters. The maximum atomic E-state index is 5.94. The Kier molecular flexibility index (Phi) is 11.2. The minimum atomic E-state index is 0.791. The van der Waals surface area contributed by atoms with Crippen molar-refractivity contribution in [3.63, 3.8) is 0 Å². The molecule has 164 valence electrons. The van der Waals surface area contributed by atoms with Crippen LogP contribution in [-0.4, -0.2) is 6.61 Å². The van der Waals surface area contributed by atoms with Crippen LogP contribution in [0.5, 0.6) is 5.75 Å². The summed E-state index contributed by atoms with van der Waals surface area (Å²) >= 11 is 0. The topological polar surface area (TPSA) is 34.0 Å². The summed E-state index contributed by atoms with van der Waals surface area (Å²) in [6.45, 7) is 9.28. The molecule has 0 fully saturated rings. The molecule has 0 atom stereocenters. The van der Waals surface area contributed by atoms with Gasteiger partial charge in [-0.3, -0.25) is 0 Å². The fourth-order valence-electron chi connectivity index (χ4n) is 3.63. The zero-order chi connectivity index (χ0) is 21.6. The standard InChI is InChI=1S/C27H40N2O/c1-5-6-7-8-9-10-11-12-13-14-19-30-25-16-18-27(24(4)21-25)29-28-26-17-15-22(2)20-23(26)3/h15-18,20-21H,5-14,19H2,1-4H3. The second-order valence-electron chi connectivity index (χ2n) is 8.47. The van der Waals surface area contributed by atoms with E-state index in [-0.39, 0.29) is 0 Å². The Morgan fingerprint density at radius 2 is 1.17 bits per heavy atom. The van der Waals surface area contributed by atoms with Crippen LogP contribution in [0.25, 0.3) is 0 Å². The summed E-state index contributed by atoms with van der Waals surface area (Å²) in [6, 6.07) is 12.3. The Morgan fingerprint density at radius 3 is 1.73 bits per heavy atom. The van der Waals surface area contributed by atoms with Crippen molar-refractivity contribution < 1.29 is 4.74 Å². The second-order valence-corrected chi connectivity index (χ2v) is 8.47. The van der Waals surface area contributed by atoms with Crippen molar-refractivity contribution in [3.8, 4) is 5.75 Å². The van der Waals surface area contributed by atoms with Crippen LogP contribution in [0.1, 0.15) is 87.8 Å². The largest absolute Gasteiger partial charge is 0.494 e. The molecule has 2 aromatic rings. The highest BCUT2D eigenvalue weighted by Crippen LogP contribution is 2.27. The van der Waals surface area contributed by atoms with Crippen LogP contribution in [0.2, 0.25) is 0 Å². The number of aryl methyl sites for hydroxylation is 3. The van der Waals surface area contributed by atoms with Crippen molar-refractivity contribution in [2.24, 2.45) is 10.2 Å². The average Bonchev–Trinajstić information content (AvgIpc) is 2.72. The smallest absolute Gasteiger partial charge is 0.119 e. The first-order valence-electron chi connectivity index (χ1n) is 11.8. The molecule has 0 saturated carbocycles. The number of hydrogen-bond donors (Lipinski definition) is 0. The lowest BCUT2D eigenvalue weighted by molar-refractivity contribution is 0.304. The van der Waals surface area contributed by atoms with Crippen LogP contribution in [0.15, 0.2) is 46.6 Å². The van der Waals surface area contributed by atoms with Crippen LogP contribution in [0.3, 0.4) is 0 Å². The quantitative estimate of drug-likeness (QED) is 0.226. The van der Waals surface area contributed by atoms with E-state index in [1.807, 2.05) is 18.2 Å². The first-order valence-corrected chi connectivity index (χ1v) is 11.8. The molecule has 0 aliphatic heterocycles. The number of hydrogen-bond acceptors (Lipinski definition) is 3.